The minimum atomic E-state index is -4.67. The van der Waals surface area contributed by atoms with E-state index in [-0.39, 0.29) is 43.1 Å². The van der Waals surface area contributed by atoms with E-state index >= 15 is 0 Å². The number of hydrogen-bond donors (Lipinski definition) is 2. The van der Waals surface area contributed by atoms with Crippen molar-refractivity contribution in [1.29, 1.82) is 0 Å². The second-order valence-corrected chi connectivity index (χ2v) is 11.8. The van der Waals surface area contributed by atoms with Gasteiger partial charge in [0.1, 0.15) is 17.1 Å². The summed E-state index contributed by atoms with van der Waals surface area (Å²) in [6.45, 7) is 4.07. The van der Waals surface area contributed by atoms with E-state index in [1.54, 1.807) is 0 Å². The molecular weight excluding hydrogens is 540 g/mol. The first-order chi connectivity index (χ1) is 18.3. The third-order valence-corrected chi connectivity index (χ3v) is 9.01. The molecule has 2 aromatic rings. The molecule has 0 saturated carbocycles. The number of ether oxygens (including phenoxy) is 1. The summed E-state index contributed by atoms with van der Waals surface area (Å²) < 4.78 is 83.4. The zero-order valence-corrected chi connectivity index (χ0v) is 22.5. The van der Waals surface area contributed by atoms with E-state index in [1.165, 1.54) is 16.4 Å². The van der Waals surface area contributed by atoms with E-state index in [0.717, 1.165) is 34.5 Å². The summed E-state index contributed by atoms with van der Waals surface area (Å²) in [5, 5.41) is 5.70. The predicted octanol–water partition coefficient (Wildman–Crippen LogP) is 3.87. The van der Waals surface area contributed by atoms with Gasteiger partial charge in [0, 0.05) is 31.4 Å². The number of benzene rings is 2. The molecule has 0 bridgehead atoms. The van der Waals surface area contributed by atoms with Gasteiger partial charge in [-0.05, 0) is 74.1 Å². The Bertz CT molecular complexity index is 1370. The quantitative estimate of drug-likeness (QED) is 0.446. The number of sulfonamides is 1. The second kappa shape index (κ2) is 10.8. The number of piperidine rings is 1. The Labute approximate surface area is 224 Å². The van der Waals surface area contributed by atoms with Gasteiger partial charge in [-0.25, -0.2) is 12.7 Å². The lowest BCUT2D eigenvalue weighted by Crippen LogP contribution is -2.50. The van der Waals surface area contributed by atoms with Crippen LogP contribution >= 0.6 is 0 Å². The van der Waals surface area contributed by atoms with Crippen LogP contribution in [0.15, 0.2) is 41.4 Å². The molecule has 1 saturated heterocycles. The van der Waals surface area contributed by atoms with Crippen molar-refractivity contribution >= 4 is 27.5 Å². The maximum absolute atomic E-state index is 13.3. The Balaban J connectivity index is 1.43. The van der Waals surface area contributed by atoms with Crippen LogP contribution < -0.4 is 15.4 Å². The Morgan fingerprint density at radius 3 is 2.38 bits per heavy atom. The fraction of sp³-hybridized carbons (Fsp3) is 0.462. The molecule has 8 nitrogen and oxygen atoms in total. The molecule has 13 heteroatoms. The minimum Gasteiger partial charge on any atom is -0.428 e. The normalized spacial score (nSPS) is 17.8. The van der Waals surface area contributed by atoms with Crippen molar-refractivity contribution in [2.45, 2.75) is 51.2 Å². The Kier molecular flexibility index (Phi) is 7.95. The molecule has 4 rings (SSSR count). The summed E-state index contributed by atoms with van der Waals surface area (Å²) in [6, 6.07) is 8.91. The lowest BCUT2D eigenvalue weighted by Gasteiger charge is -2.34. The van der Waals surface area contributed by atoms with E-state index < -0.39 is 39.8 Å². The van der Waals surface area contributed by atoms with E-state index in [9.17, 15) is 30.8 Å². The summed E-state index contributed by atoms with van der Waals surface area (Å²) in [6.07, 6.45) is -8.06. The Morgan fingerprint density at radius 2 is 1.79 bits per heavy atom. The van der Waals surface area contributed by atoms with E-state index in [2.05, 4.69) is 20.4 Å². The van der Waals surface area contributed by atoms with Gasteiger partial charge in [0.25, 0.3) is 5.91 Å². The Hall–Kier alpha value is -3.19. The highest BCUT2D eigenvalue weighted by Gasteiger charge is 2.48. The number of amidine groups is 1. The third kappa shape index (κ3) is 6.03. The van der Waals surface area contributed by atoms with Gasteiger partial charge in [0.05, 0.1) is 5.75 Å². The average Bonchev–Trinajstić information content (AvgIpc) is 3.18. The van der Waals surface area contributed by atoms with Crippen molar-refractivity contribution < 1.29 is 35.5 Å². The summed E-state index contributed by atoms with van der Waals surface area (Å²) in [5.74, 6) is -0.937. The van der Waals surface area contributed by atoms with Crippen LogP contribution in [-0.4, -0.2) is 68.4 Å². The first kappa shape index (κ1) is 28.8. The van der Waals surface area contributed by atoms with Gasteiger partial charge in [-0.15, -0.1) is 0 Å². The van der Waals surface area contributed by atoms with E-state index in [4.69, 9.17) is 0 Å². The summed E-state index contributed by atoms with van der Waals surface area (Å²) in [5.41, 5.74) is 2.94. The van der Waals surface area contributed by atoms with Crippen molar-refractivity contribution in [2.24, 2.45) is 4.99 Å². The Morgan fingerprint density at radius 1 is 1.15 bits per heavy atom. The smallest absolute Gasteiger partial charge is 0.428 e. The highest BCUT2D eigenvalue weighted by Crippen LogP contribution is 2.34. The van der Waals surface area contributed by atoms with E-state index in [1.807, 2.05) is 33.0 Å². The van der Waals surface area contributed by atoms with Gasteiger partial charge in [0.2, 0.25) is 10.0 Å². The number of alkyl halides is 4. The highest BCUT2D eigenvalue weighted by atomic mass is 32.2. The van der Waals surface area contributed by atoms with Gasteiger partial charge < -0.3 is 15.4 Å². The number of nitrogens with zero attached hydrogens (tertiary/aromatic N) is 2. The molecule has 2 aromatic carbocycles. The SMILES string of the molecule is CNc1cc(C)c(CCS(=O)(=O)N2CCC3(CC2)N=C(c2cccc(OC(F)(F)C(F)F)c2)NC3=O)c(C)c1. The first-order valence-electron chi connectivity index (χ1n) is 12.4. The van der Waals surface area contributed by atoms with Gasteiger partial charge in [-0.1, -0.05) is 12.1 Å². The van der Waals surface area contributed by atoms with Gasteiger partial charge in [-0.2, -0.15) is 17.6 Å². The molecule has 2 aliphatic heterocycles. The lowest BCUT2D eigenvalue weighted by atomic mass is 9.89. The van der Waals surface area contributed by atoms with Crippen LogP contribution in [0.5, 0.6) is 5.75 Å². The van der Waals surface area contributed by atoms with Crippen molar-refractivity contribution in [2.75, 3.05) is 31.2 Å². The maximum Gasteiger partial charge on any atom is 0.461 e. The zero-order valence-electron chi connectivity index (χ0n) is 21.7. The zero-order chi connectivity index (χ0) is 28.6. The molecule has 39 heavy (non-hydrogen) atoms. The largest absolute Gasteiger partial charge is 0.461 e. The van der Waals surface area contributed by atoms with Crippen LogP contribution in [0, 0.1) is 13.8 Å². The number of amides is 1. The highest BCUT2D eigenvalue weighted by molar-refractivity contribution is 7.89. The molecule has 1 spiro atoms. The molecule has 0 unspecified atom stereocenters. The third-order valence-electron chi connectivity index (χ3n) is 7.13. The average molecular weight is 571 g/mol. The summed E-state index contributed by atoms with van der Waals surface area (Å²) in [7, 11) is -1.78. The molecule has 2 heterocycles. The molecule has 2 aliphatic rings. The molecule has 0 atom stereocenters. The number of hydrogen-bond acceptors (Lipinski definition) is 6. The molecule has 2 N–H and O–H groups in total. The molecule has 0 aliphatic carbocycles. The van der Waals surface area contributed by atoms with Crippen LogP contribution in [0.2, 0.25) is 0 Å². The van der Waals surface area contributed by atoms with Crippen molar-refractivity contribution in [1.82, 2.24) is 9.62 Å². The van der Waals surface area contributed by atoms with Gasteiger partial charge in [-0.3, -0.25) is 9.79 Å². The minimum absolute atomic E-state index is 0.0721. The van der Waals surface area contributed by atoms with Crippen molar-refractivity contribution in [3.8, 4) is 5.75 Å². The van der Waals surface area contributed by atoms with Crippen molar-refractivity contribution in [3.05, 3.63) is 58.7 Å². The topological polar surface area (TPSA) is 100 Å². The van der Waals surface area contributed by atoms with Crippen LogP contribution in [-0.2, 0) is 21.2 Å². The van der Waals surface area contributed by atoms with E-state index in [0.29, 0.717) is 6.42 Å². The summed E-state index contributed by atoms with van der Waals surface area (Å²) >= 11 is 0. The monoisotopic (exact) mass is 570 g/mol. The fourth-order valence-corrected chi connectivity index (χ4v) is 6.39. The molecular formula is C26H30F4N4O4S. The lowest BCUT2D eigenvalue weighted by molar-refractivity contribution is -0.253. The van der Waals surface area contributed by atoms with Crippen LogP contribution in [0.4, 0.5) is 23.2 Å². The number of carbonyl (C=O) groups excluding carboxylic acids is 1. The number of aryl methyl sites for hydroxylation is 2. The molecule has 0 radical (unpaired) electrons. The van der Waals surface area contributed by atoms with Crippen LogP contribution in [0.3, 0.4) is 0 Å². The number of aliphatic imine (C=N–C) groups is 1. The molecule has 0 aromatic heterocycles. The number of anilines is 1. The van der Waals surface area contributed by atoms with Gasteiger partial charge in [0.15, 0.2) is 0 Å². The first-order valence-corrected chi connectivity index (χ1v) is 14.0. The molecule has 1 fully saturated rings. The fourth-order valence-electron chi connectivity index (χ4n) is 4.93. The summed E-state index contributed by atoms with van der Waals surface area (Å²) in [4.78, 5) is 17.4. The second-order valence-electron chi connectivity index (χ2n) is 9.74. The van der Waals surface area contributed by atoms with Crippen LogP contribution in [0.1, 0.15) is 35.1 Å². The van der Waals surface area contributed by atoms with Crippen LogP contribution in [0.25, 0.3) is 0 Å². The number of nitrogens with one attached hydrogen (secondary N) is 2. The number of halogens is 4. The number of carbonyl (C=O) groups is 1. The predicted molar refractivity (Wildman–Crippen MR) is 139 cm³/mol. The van der Waals surface area contributed by atoms with Crippen molar-refractivity contribution in [3.63, 3.8) is 0 Å². The maximum atomic E-state index is 13.3. The standard InChI is InChI=1S/C26H30F4N4O4S/c1-16-13-19(31-3)14-17(2)21(16)7-12-39(36,37)34-10-8-25(9-11-34)24(35)32-22(33-25)18-5-4-6-20(15-18)38-26(29,30)23(27)28/h4-6,13-15,23,31H,7-12H2,1-3H3,(H,32,33,35). The number of rotatable bonds is 9. The molecule has 1 amide bonds. The van der Waals surface area contributed by atoms with Gasteiger partial charge >= 0.3 is 12.5 Å². The molecule has 212 valence electrons.